The number of nitrogens with zero attached hydrogens (tertiary/aromatic N) is 4. The Bertz CT molecular complexity index is 2280. The first-order valence-electron chi connectivity index (χ1n) is 20.1. The van der Waals surface area contributed by atoms with E-state index >= 15 is 0 Å². The molecule has 0 radical (unpaired) electrons. The van der Waals surface area contributed by atoms with Gasteiger partial charge in [-0.2, -0.15) is 5.10 Å². The highest BCUT2D eigenvalue weighted by molar-refractivity contribution is 7.90. The number of nitrogens with one attached hydrogen (secondary N) is 1. The van der Waals surface area contributed by atoms with Crippen LogP contribution in [0.5, 0.6) is 5.75 Å². The molecule has 1 N–H and O–H groups in total. The van der Waals surface area contributed by atoms with Crippen LogP contribution < -0.4 is 9.46 Å². The van der Waals surface area contributed by atoms with Crippen molar-refractivity contribution in [3.05, 3.63) is 70.5 Å². The zero-order chi connectivity index (χ0) is 39.1. The van der Waals surface area contributed by atoms with E-state index in [9.17, 15) is 18.0 Å². The fourth-order valence-corrected chi connectivity index (χ4v) is 9.57. The lowest BCUT2D eigenvalue weighted by atomic mass is 9.81. The van der Waals surface area contributed by atoms with Gasteiger partial charge < -0.3 is 23.7 Å². The summed E-state index contributed by atoms with van der Waals surface area (Å²) < 4.78 is 49.0. The second-order valence-electron chi connectivity index (χ2n) is 16.1. The Morgan fingerprint density at radius 2 is 1.80 bits per heavy atom. The molecule has 12 nitrogen and oxygen atoms in total. The number of morpholine rings is 1. The van der Waals surface area contributed by atoms with Crippen LogP contribution in [0, 0.1) is 0 Å². The molecule has 0 unspecified atom stereocenters. The highest BCUT2D eigenvalue weighted by Crippen LogP contribution is 2.48. The van der Waals surface area contributed by atoms with Crippen molar-refractivity contribution in [2.45, 2.75) is 101 Å². The van der Waals surface area contributed by atoms with E-state index in [4.69, 9.17) is 19.3 Å². The Morgan fingerprint density at radius 3 is 2.52 bits per heavy atom. The minimum atomic E-state index is -3.77. The van der Waals surface area contributed by atoms with Crippen LogP contribution in [0.3, 0.4) is 0 Å². The number of benzene rings is 2. The standard InChI is InChI=1S/C43H53N5O7S/c1-27(2)56(51,52)45-39(49)20-28-13-15-36-38(19-28)47-24-31(21-30-22-33(54-4)14-16-35(30)42(47)40(36)29-9-6-5-7-10-29)41-37(23-44-48(41)32-11-8-12-32)43(50)46-17-18-55-34(25-46)26-53-3/h13-16,19,21-23,27,29,32,34H,5-12,17-18,20,24-26H2,1-4H3,(H,45,49)/t34-/m0/s1. The molecule has 2 aromatic heterocycles. The zero-order valence-corrected chi connectivity index (χ0v) is 33.7. The number of methoxy groups -OCH3 is 2. The number of sulfonamides is 1. The molecule has 56 heavy (non-hydrogen) atoms. The number of amides is 2. The maximum absolute atomic E-state index is 14.6. The predicted octanol–water partition coefficient (Wildman–Crippen LogP) is 6.72. The maximum Gasteiger partial charge on any atom is 0.257 e. The van der Waals surface area contributed by atoms with Crippen molar-refractivity contribution < 1.29 is 32.2 Å². The van der Waals surface area contributed by atoms with E-state index in [1.807, 2.05) is 17.0 Å². The van der Waals surface area contributed by atoms with Gasteiger partial charge in [-0.3, -0.25) is 19.0 Å². The summed E-state index contributed by atoms with van der Waals surface area (Å²) in [4.78, 5) is 29.6. The van der Waals surface area contributed by atoms with Gasteiger partial charge >= 0.3 is 0 Å². The second kappa shape index (κ2) is 15.8. The summed E-state index contributed by atoms with van der Waals surface area (Å²) in [5.41, 5.74) is 8.59. The predicted molar refractivity (Wildman–Crippen MR) is 216 cm³/mol. The van der Waals surface area contributed by atoms with Gasteiger partial charge in [-0.15, -0.1) is 0 Å². The molecule has 4 aliphatic rings. The van der Waals surface area contributed by atoms with Crippen molar-refractivity contribution in [3.8, 4) is 17.0 Å². The molecule has 2 aliphatic heterocycles. The maximum atomic E-state index is 14.6. The van der Waals surface area contributed by atoms with Crippen LogP contribution >= 0.6 is 0 Å². The lowest BCUT2D eigenvalue weighted by Crippen LogP contribution is -2.47. The van der Waals surface area contributed by atoms with Crippen molar-refractivity contribution in [1.82, 2.24) is 24.0 Å². The van der Waals surface area contributed by atoms with Crippen molar-refractivity contribution in [1.29, 1.82) is 0 Å². The number of allylic oxidation sites excluding steroid dienone is 1. The molecule has 1 saturated heterocycles. The number of rotatable bonds is 11. The first kappa shape index (κ1) is 38.4. The number of carbonyl (C=O) groups excluding carboxylic acids is 2. The van der Waals surface area contributed by atoms with E-state index in [0.717, 1.165) is 95.2 Å². The summed E-state index contributed by atoms with van der Waals surface area (Å²) >= 11 is 0. The van der Waals surface area contributed by atoms with E-state index < -0.39 is 21.2 Å². The van der Waals surface area contributed by atoms with Gasteiger partial charge in [-0.05, 0) is 104 Å². The summed E-state index contributed by atoms with van der Waals surface area (Å²) in [6.07, 6.45) is 12.5. The SMILES string of the molecule is COC[C@@H]1CN(C(=O)c2cnn(C3CCC3)c2C2=Cc3cc(OC)ccc3-c3c(C4CCCCC4)c4ccc(CC(=O)NS(=O)(=O)C(C)C)cc4n3C2)CCO1. The van der Waals surface area contributed by atoms with Crippen LogP contribution in [0.25, 0.3) is 33.8 Å². The lowest BCUT2D eigenvalue weighted by Gasteiger charge is -2.33. The largest absolute Gasteiger partial charge is 0.497 e. The number of aromatic nitrogens is 3. The molecule has 8 rings (SSSR count). The van der Waals surface area contributed by atoms with E-state index in [-0.39, 0.29) is 24.5 Å². The molecule has 2 aliphatic carbocycles. The number of carbonyl (C=O) groups is 2. The Balaban J connectivity index is 1.30. The van der Waals surface area contributed by atoms with Crippen molar-refractivity contribution >= 4 is 44.4 Å². The van der Waals surface area contributed by atoms with E-state index in [2.05, 4.69) is 44.3 Å². The van der Waals surface area contributed by atoms with Crippen molar-refractivity contribution in [2.24, 2.45) is 0 Å². The Hall–Kier alpha value is -4.46. The highest BCUT2D eigenvalue weighted by Gasteiger charge is 2.35. The monoisotopic (exact) mass is 783 g/mol. The lowest BCUT2D eigenvalue weighted by molar-refractivity contribution is -0.118. The van der Waals surface area contributed by atoms with Gasteiger partial charge in [0.15, 0.2) is 0 Å². The van der Waals surface area contributed by atoms with E-state index in [1.54, 1.807) is 34.3 Å². The van der Waals surface area contributed by atoms with Crippen molar-refractivity contribution in [2.75, 3.05) is 40.5 Å². The van der Waals surface area contributed by atoms with Gasteiger partial charge in [0.25, 0.3) is 5.91 Å². The second-order valence-corrected chi connectivity index (χ2v) is 18.3. The summed E-state index contributed by atoms with van der Waals surface area (Å²) in [7, 11) is -0.448. The molecule has 4 aromatic rings. The Labute approximate surface area is 329 Å². The number of hydrogen-bond acceptors (Lipinski definition) is 8. The molecule has 1 atom stereocenters. The average molecular weight is 784 g/mol. The molecular weight excluding hydrogens is 731 g/mol. The van der Waals surface area contributed by atoms with E-state index in [0.29, 0.717) is 44.3 Å². The van der Waals surface area contributed by atoms with Gasteiger partial charge in [0.2, 0.25) is 15.9 Å². The molecule has 2 aromatic carbocycles. The molecular formula is C43H53N5O7S. The quantitative estimate of drug-likeness (QED) is 0.177. The van der Waals surface area contributed by atoms with Crippen molar-refractivity contribution in [3.63, 3.8) is 0 Å². The van der Waals surface area contributed by atoms with Gasteiger partial charge in [0.05, 0.1) is 73.8 Å². The zero-order valence-electron chi connectivity index (χ0n) is 32.9. The Morgan fingerprint density at radius 1 is 1.00 bits per heavy atom. The molecule has 4 heterocycles. The minimum Gasteiger partial charge on any atom is -0.497 e. The van der Waals surface area contributed by atoms with Crippen LogP contribution in [-0.2, 0) is 37.3 Å². The molecule has 0 spiro atoms. The fraction of sp³-hybridized carbons (Fsp3) is 0.512. The Kier molecular flexibility index (Phi) is 10.9. The van der Waals surface area contributed by atoms with E-state index in [1.165, 1.54) is 12.0 Å². The topological polar surface area (TPSA) is 134 Å². The molecule has 3 fully saturated rings. The number of fused-ring (bicyclic) bond motifs is 5. The minimum absolute atomic E-state index is 0.0730. The third-order valence-corrected chi connectivity index (χ3v) is 13.9. The number of ether oxygens (including phenoxy) is 3. The van der Waals surface area contributed by atoms with Crippen LogP contribution in [0.15, 0.2) is 42.6 Å². The first-order valence-corrected chi connectivity index (χ1v) is 21.7. The van der Waals surface area contributed by atoms with Crippen LogP contribution in [-0.4, -0.2) is 91.4 Å². The molecule has 0 bridgehead atoms. The third kappa shape index (κ3) is 7.29. The average Bonchev–Trinajstić information content (AvgIpc) is 3.67. The molecule has 2 saturated carbocycles. The van der Waals surface area contributed by atoms with Gasteiger partial charge in [0, 0.05) is 36.7 Å². The summed E-state index contributed by atoms with van der Waals surface area (Å²) in [5, 5.41) is 5.34. The summed E-state index contributed by atoms with van der Waals surface area (Å²) in [5.74, 6) is 0.461. The van der Waals surface area contributed by atoms with Crippen LogP contribution in [0.4, 0.5) is 0 Å². The molecule has 13 heteroatoms. The van der Waals surface area contributed by atoms with Gasteiger partial charge in [-0.1, -0.05) is 31.4 Å². The normalized spacial score (nSPS) is 19.3. The van der Waals surface area contributed by atoms with Gasteiger partial charge in [-0.25, -0.2) is 8.42 Å². The smallest absolute Gasteiger partial charge is 0.257 e. The first-order chi connectivity index (χ1) is 27.1. The highest BCUT2D eigenvalue weighted by atomic mass is 32.2. The van der Waals surface area contributed by atoms with Crippen LogP contribution in [0.2, 0.25) is 0 Å². The fourth-order valence-electron chi connectivity index (χ4n) is 8.95. The molecule has 2 amide bonds. The van der Waals surface area contributed by atoms with Gasteiger partial charge in [0.1, 0.15) is 5.75 Å². The summed E-state index contributed by atoms with van der Waals surface area (Å²) in [6, 6.07) is 12.6. The third-order valence-electron chi connectivity index (χ3n) is 12.1. The number of hydrogen-bond donors (Lipinski definition) is 1. The van der Waals surface area contributed by atoms with Crippen LogP contribution in [0.1, 0.15) is 110 Å². The molecule has 298 valence electrons. The summed E-state index contributed by atoms with van der Waals surface area (Å²) in [6.45, 7) is 5.33.